The molecule has 1 aromatic rings. The Hall–Kier alpha value is -2.44. The number of benzene rings is 1. The van der Waals surface area contributed by atoms with Crippen molar-refractivity contribution in [3.05, 3.63) is 29.8 Å². The molecule has 7 heteroatoms. The van der Waals surface area contributed by atoms with Crippen molar-refractivity contribution in [3.8, 4) is 5.75 Å². The third-order valence-electron chi connectivity index (χ3n) is 4.16. The van der Waals surface area contributed by atoms with Gasteiger partial charge in [-0.3, -0.25) is 9.59 Å². The molecule has 24 heavy (non-hydrogen) atoms. The highest BCUT2D eigenvalue weighted by Crippen LogP contribution is 2.26. The van der Waals surface area contributed by atoms with E-state index in [9.17, 15) is 18.8 Å². The summed E-state index contributed by atoms with van der Waals surface area (Å²) in [4.78, 5) is 36.1. The predicted octanol–water partition coefficient (Wildman–Crippen LogP) is 2.07. The SMILES string of the molecule is COc1ccc(C(=O)CCCC(=O)N2CCC(F)(C(=O)O)C2)cc1. The molecule has 0 spiro atoms. The Kier molecular flexibility index (Phi) is 5.54. The van der Waals surface area contributed by atoms with Gasteiger partial charge >= 0.3 is 5.97 Å². The summed E-state index contributed by atoms with van der Waals surface area (Å²) in [6, 6.07) is 6.70. The lowest BCUT2D eigenvalue weighted by atomic mass is 10.0. The summed E-state index contributed by atoms with van der Waals surface area (Å²) in [6.07, 6.45) is 0.439. The molecule has 0 aliphatic carbocycles. The van der Waals surface area contributed by atoms with E-state index in [1.165, 1.54) is 12.0 Å². The van der Waals surface area contributed by atoms with Crippen LogP contribution in [0.1, 0.15) is 36.0 Å². The van der Waals surface area contributed by atoms with Gasteiger partial charge < -0.3 is 14.7 Å². The van der Waals surface area contributed by atoms with Crippen molar-refractivity contribution in [2.75, 3.05) is 20.2 Å². The lowest BCUT2D eigenvalue weighted by molar-refractivity contribution is -0.150. The van der Waals surface area contributed by atoms with E-state index in [2.05, 4.69) is 0 Å². The Bertz CT molecular complexity index is 630. The predicted molar refractivity (Wildman–Crippen MR) is 83.8 cm³/mol. The molecular formula is C17H20FNO5. The van der Waals surface area contributed by atoms with Crippen molar-refractivity contribution in [1.29, 1.82) is 0 Å². The first-order valence-corrected chi connectivity index (χ1v) is 7.73. The van der Waals surface area contributed by atoms with Gasteiger partial charge in [-0.05, 0) is 30.7 Å². The number of ether oxygens (including phenoxy) is 1. The molecular weight excluding hydrogens is 317 g/mol. The van der Waals surface area contributed by atoms with Crippen LogP contribution in [0.5, 0.6) is 5.75 Å². The molecule has 1 fully saturated rings. The van der Waals surface area contributed by atoms with Gasteiger partial charge in [-0.15, -0.1) is 0 Å². The maximum Gasteiger partial charge on any atom is 0.343 e. The third-order valence-corrected chi connectivity index (χ3v) is 4.16. The molecule has 0 bridgehead atoms. The molecule has 1 unspecified atom stereocenters. The minimum Gasteiger partial charge on any atom is -0.497 e. The lowest BCUT2D eigenvalue weighted by Gasteiger charge is -2.17. The van der Waals surface area contributed by atoms with Crippen LogP contribution >= 0.6 is 0 Å². The molecule has 1 N–H and O–H groups in total. The van der Waals surface area contributed by atoms with Crippen molar-refractivity contribution < 1.29 is 28.6 Å². The molecule has 2 rings (SSSR count). The number of hydrogen-bond acceptors (Lipinski definition) is 4. The first-order valence-electron chi connectivity index (χ1n) is 7.73. The fourth-order valence-electron chi connectivity index (χ4n) is 2.64. The van der Waals surface area contributed by atoms with Crippen molar-refractivity contribution in [3.63, 3.8) is 0 Å². The third kappa shape index (κ3) is 4.10. The van der Waals surface area contributed by atoms with Crippen LogP contribution in [-0.4, -0.2) is 53.5 Å². The highest BCUT2D eigenvalue weighted by atomic mass is 19.1. The zero-order valence-electron chi connectivity index (χ0n) is 13.5. The molecule has 1 atom stereocenters. The number of amides is 1. The maximum absolute atomic E-state index is 13.9. The van der Waals surface area contributed by atoms with E-state index in [1.54, 1.807) is 24.3 Å². The number of Topliss-reactive ketones (excluding diaryl/α,β-unsaturated/α-hetero) is 1. The summed E-state index contributed by atoms with van der Waals surface area (Å²) in [5.41, 5.74) is -1.81. The van der Waals surface area contributed by atoms with E-state index >= 15 is 0 Å². The van der Waals surface area contributed by atoms with Gasteiger partial charge in [0.2, 0.25) is 11.6 Å². The number of carboxylic acid groups (broad SMARTS) is 1. The smallest absolute Gasteiger partial charge is 0.343 e. The Balaban J connectivity index is 1.78. The Morgan fingerprint density at radius 3 is 2.46 bits per heavy atom. The number of aliphatic carboxylic acids is 1. The van der Waals surface area contributed by atoms with Crippen LogP contribution in [0.3, 0.4) is 0 Å². The van der Waals surface area contributed by atoms with Gasteiger partial charge in [0.05, 0.1) is 13.7 Å². The van der Waals surface area contributed by atoms with Crippen LogP contribution in [0.15, 0.2) is 24.3 Å². The summed E-state index contributed by atoms with van der Waals surface area (Å²) < 4.78 is 18.9. The van der Waals surface area contributed by atoms with Gasteiger partial charge in [-0.25, -0.2) is 9.18 Å². The number of nitrogens with zero attached hydrogens (tertiary/aromatic N) is 1. The van der Waals surface area contributed by atoms with Crippen LogP contribution in [0.4, 0.5) is 4.39 Å². The Labute approximate surface area is 139 Å². The zero-order chi connectivity index (χ0) is 17.7. The van der Waals surface area contributed by atoms with Gasteiger partial charge in [0.1, 0.15) is 5.75 Å². The molecule has 1 aliphatic heterocycles. The van der Waals surface area contributed by atoms with Gasteiger partial charge in [-0.1, -0.05) is 0 Å². The zero-order valence-corrected chi connectivity index (χ0v) is 13.5. The molecule has 130 valence electrons. The number of methoxy groups -OCH3 is 1. The van der Waals surface area contributed by atoms with E-state index in [0.29, 0.717) is 17.7 Å². The fourth-order valence-corrected chi connectivity index (χ4v) is 2.64. The van der Waals surface area contributed by atoms with Crippen LogP contribution in [0.2, 0.25) is 0 Å². The average molecular weight is 337 g/mol. The van der Waals surface area contributed by atoms with E-state index in [4.69, 9.17) is 9.84 Å². The molecule has 0 saturated carbocycles. The maximum atomic E-state index is 13.9. The Morgan fingerprint density at radius 2 is 1.92 bits per heavy atom. The largest absolute Gasteiger partial charge is 0.497 e. The van der Waals surface area contributed by atoms with Crippen LogP contribution in [-0.2, 0) is 9.59 Å². The molecule has 0 aromatic heterocycles. The second-order valence-corrected chi connectivity index (χ2v) is 5.84. The summed E-state index contributed by atoms with van der Waals surface area (Å²) in [6.45, 7) is -0.332. The van der Waals surface area contributed by atoms with Crippen LogP contribution in [0, 0.1) is 0 Å². The van der Waals surface area contributed by atoms with Crippen molar-refractivity contribution in [2.45, 2.75) is 31.4 Å². The fraction of sp³-hybridized carbons (Fsp3) is 0.471. The second kappa shape index (κ2) is 7.42. The van der Waals surface area contributed by atoms with E-state index in [-0.39, 0.29) is 37.5 Å². The number of carbonyl (C=O) groups excluding carboxylic acids is 2. The first-order chi connectivity index (χ1) is 11.4. The molecule has 1 saturated heterocycles. The van der Waals surface area contributed by atoms with E-state index in [0.717, 1.165) is 0 Å². The number of carboxylic acids is 1. The minimum atomic E-state index is -2.35. The number of ketones is 1. The Morgan fingerprint density at radius 1 is 1.25 bits per heavy atom. The lowest BCUT2D eigenvalue weighted by Crippen LogP contribution is -2.38. The number of likely N-dealkylation sites (tertiary alicyclic amines) is 1. The van der Waals surface area contributed by atoms with E-state index in [1.807, 2.05) is 0 Å². The standard InChI is InChI=1S/C17H20FNO5/c1-24-13-7-5-12(6-8-13)14(20)3-2-4-15(21)19-10-9-17(18,11-19)16(22)23/h5-8H,2-4,9-11H2,1H3,(H,22,23). The monoisotopic (exact) mass is 337 g/mol. The topological polar surface area (TPSA) is 83.9 Å². The summed E-state index contributed by atoms with van der Waals surface area (Å²) in [5.74, 6) is -1.29. The number of halogens is 1. The van der Waals surface area contributed by atoms with Crippen LogP contribution in [0.25, 0.3) is 0 Å². The molecule has 1 aliphatic rings. The van der Waals surface area contributed by atoms with Crippen molar-refractivity contribution in [1.82, 2.24) is 4.90 Å². The molecule has 1 heterocycles. The van der Waals surface area contributed by atoms with Gasteiger partial charge in [0.15, 0.2) is 5.78 Å². The highest BCUT2D eigenvalue weighted by Gasteiger charge is 2.46. The van der Waals surface area contributed by atoms with Crippen molar-refractivity contribution in [2.24, 2.45) is 0 Å². The highest BCUT2D eigenvalue weighted by molar-refractivity contribution is 5.96. The quantitative estimate of drug-likeness (QED) is 0.770. The summed E-state index contributed by atoms with van der Waals surface area (Å²) in [5, 5.41) is 8.82. The normalized spacial score (nSPS) is 20.0. The molecule has 0 radical (unpaired) electrons. The minimum absolute atomic E-state index is 0.0859. The summed E-state index contributed by atoms with van der Waals surface area (Å²) >= 11 is 0. The van der Waals surface area contributed by atoms with E-state index < -0.39 is 18.2 Å². The van der Waals surface area contributed by atoms with Crippen LogP contribution < -0.4 is 4.74 Å². The van der Waals surface area contributed by atoms with Gasteiger partial charge in [-0.2, -0.15) is 0 Å². The first kappa shape index (κ1) is 17.9. The van der Waals surface area contributed by atoms with Gasteiger partial charge in [0, 0.05) is 31.4 Å². The number of hydrogen-bond donors (Lipinski definition) is 1. The van der Waals surface area contributed by atoms with Crippen molar-refractivity contribution >= 4 is 17.7 Å². The summed E-state index contributed by atoms with van der Waals surface area (Å²) in [7, 11) is 1.54. The molecule has 1 amide bonds. The number of carbonyl (C=O) groups is 3. The average Bonchev–Trinajstić information content (AvgIpc) is 2.98. The van der Waals surface area contributed by atoms with Gasteiger partial charge in [0.25, 0.3) is 0 Å². The molecule has 6 nitrogen and oxygen atoms in total. The second-order valence-electron chi connectivity index (χ2n) is 5.84. The number of rotatable bonds is 7. The molecule has 1 aromatic carbocycles. The number of alkyl halides is 1.